The smallest absolute Gasteiger partial charge is 0.282 e. The Morgan fingerprint density at radius 1 is 1.28 bits per heavy atom. The molecule has 29 heavy (non-hydrogen) atoms. The predicted octanol–water partition coefficient (Wildman–Crippen LogP) is 5.82. The molecule has 0 unspecified atom stereocenters. The summed E-state index contributed by atoms with van der Waals surface area (Å²) in [5.74, 6) is 1.27. The van der Waals surface area contributed by atoms with E-state index in [-0.39, 0.29) is 11.7 Å². The van der Waals surface area contributed by atoms with Crippen molar-refractivity contribution in [1.29, 1.82) is 0 Å². The third-order valence-corrected chi connectivity index (χ3v) is 5.32. The number of aryl methyl sites for hydroxylation is 1. The Kier molecular flexibility index (Phi) is 7.09. The Bertz CT molecular complexity index is 1110. The van der Waals surface area contributed by atoms with Crippen molar-refractivity contribution >= 4 is 44.6 Å². The molecule has 0 fully saturated rings. The molecule has 0 saturated heterocycles. The highest BCUT2D eigenvalue weighted by Crippen LogP contribution is 2.26. The lowest BCUT2D eigenvalue weighted by atomic mass is 10.2. The lowest BCUT2D eigenvalue weighted by Gasteiger charge is -2.14. The Balaban J connectivity index is 1.99. The zero-order valence-corrected chi connectivity index (χ0v) is 19.0. The van der Waals surface area contributed by atoms with Gasteiger partial charge in [0.15, 0.2) is 0 Å². The number of hydrogen-bond acceptors (Lipinski definition) is 4. The number of aromatic nitrogens is 2. The fraction of sp³-hybridized carbons (Fsp3) is 0.318. The van der Waals surface area contributed by atoms with Crippen molar-refractivity contribution in [2.45, 2.75) is 46.1 Å². The Morgan fingerprint density at radius 3 is 2.76 bits per heavy atom. The summed E-state index contributed by atoms with van der Waals surface area (Å²) in [6.07, 6.45) is 4.11. The third kappa shape index (κ3) is 5.06. The van der Waals surface area contributed by atoms with Crippen LogP contribution in [0.2, 0.25) is 5.02 Å². The van der Waals surface area contributed by atoms with Crippen LogP contribution in [0.5, 0.6) is 5.75 Å². The normalized spacial score (nSPS) is 12.6. The van der Waals surface area contributed by atoms with Gasteiger partial charge in [-0.1, -0.05) is 41.4 Å². The van der Waals surface area contributed by atoms with Crippen molar-refractivity contribution in [3.8, 4) is 5.75 Å². The van der Waals surface area contributed by atoms with Crippen molar-refractivity contribution in [1.82, 2.24) is 9.66 Å². The maximum atomic E-state index is 13.0. The molecule has 152 valence electrons. The van der Waals surface area contributed by atoms with E-state index in [4.69, 9.17) is 16.3 Å². The Morgan fingerprint density at radius 2 is 2.07 bits per heavy atom. The lowest BCUT2D eigenvalue weighted by molar-refractivity contribution is 0.217. The average Bonchev–Trinajstić information content (AvgIpc) is 2.70. The van der Waals surface area contributed by atoms with Gasteiger partial charge < -0.3 is 4.74 Å². The summed E-state index contributed by atoms with van der Waals surface area (Å²) >= 11 is 9.76. The molecule has 0 aliphatic heterocycles. The molecule has 3 rings (SSSR count). The first-order valence-electron chi connectivity index (χ1n) is 9.64. The van der Waals surface area contributed by atoms with Crippen LogP contribution >= 0.6 is 27.5 Å². The molecule has 1 aromatic heterocycles. The van der Waals surface area contributed by atoms with Gasteiger partial charge in [-0.3, -0.25) is 4.79 Å². The molecule has 0 amide bonds. The lowest BCUT2D eigenvalue weighted by Crippen LogP contribution is -2.22. The Hall–Kier alpha value is -2.18. The molecule has 0 saturated carbocycles. The van der Waals surface area contributed by atoms with Crippen molar-refractivity contribution in [3.63, 3.8) is 0 Å². The van der Waals surface area contributed by atoms with Crippen LogP contribution in [0.1, 0.15) is 45.0 Å². The molecule has 3 aromatic rings. The van der Waals surface area contributed by atoms with Gasteiger partial charge in [0, 0.05) is 10.9 Å². The minimum Gasteiger partial charge on any atom is -0.489 e. The molecule has 0 radical (unpaired) electrons. The quantitative estimate of drug-likeness (QED) is 0.403. The molecule has 0 N–H and O–H groups in total. The SMILES string of the molecule is CCCc1nc2ccc(Br)cc2c(=O)n1N=Cc1ccc(O[C@@H](C)CC)c(Cl)c1. The zero-order valence-electron chi connectivity index (χ0n) is 16.7. The van der Waals surface area contributed by atoms with E-state index in [1.54, 1.807) is 18.3 Å². The summed E-state index contributed by atoms with van der Waals surface area (Å²) in [7, 11) is 0. The summed E-state index contributed by atoms with van der Waals surface area (Å²) in [4.78, 5) is 17.7. The van der Waals surface area contributed by atoms with E-state index in [0.717, 1.165) is 22.9 Å². The molecule has 5 nitrogen and oxygen atoms in total. The molecule has 1 atom stereocenters. The molecule has 0 bridgehead atoms. The van der Waals surface area contributed by atoms with E-state index in [0.29, 0.717) is 33.9 Å². The second kappa shape index (κ2) is 9.55. The van der Waals surface area contributed by atoms with E-state index in [1.807, 2.05) is 38.1 Å². The maximum Gasteiger partial charge on any atom is 0.282 e. The number of fused-ring (bicyclic) bond motifs is 1. The van der Waals surface area contributed by atoms with E-state index in [2.05, 4.69) is 32.9 Å². The van der Waals surface area contributed by atoms with Crippen LogP contribution in [0.15, 0.2) is 50.8 Å². The Labute approximate surface area is 183 Å². The van der Waals surface area contributed by atoms with Gasteiger partial charge in [0.2, 0.25) is 0 Å². The number of halogens is 2. The maximum absolute atomic E-state index is 13.0. The van der Waals surface area contributed by atoms with Crippen LogP contribution in [0.25, 0.3) is 10.9 Å². The number of rotatable bonds is 7. The summed E-state index contributed by atoms with van der Waals surface area (Å²) in [5.41, 5.74) is 1.25. The van der Waals surface area contributed by atoms with Gasteiger partial charge in [-0.25, -0.2) is 4.98 Å². The van der Waals surface area contributed by atoms with Crippen LogP contribution in [-0.2, 0) is 6.42 Å². The molecule has 1 heterocycles. The highest BCUT2D eigenvalue weighted by Gasteiger charge is 2.11. The molecular formula is C22H23BrClN3O2. The first-order valence-corrected chi connectivity index (χ1v) is 10.8. The largest absolute Gasteiger partial charge is 0.489 e. The van der Waals surface area contributed by atoms with Crippen LogP contribution in [0.4, 0.5) is 0 Å². The monoisotopic (exact) mass is 475 g/mol. The second-order valence-corrected chi connectivity index (χ2v) is 8.15. The predicted molar refractivity (Wildman–Crippen MR) is 123 cm³/mol. The number of benzene rings is 2. The van der Waals surface area contributed by atoms with Gasteiger partial charge in [0.05, 0.1) is 28.2 Å². The van der Waals surface area contributed by atoms with Crippen LogP contribution in [-0.4, -0.2) is 22.0 Å². The summed E-state index contributed by atoms with van der Waals surface area (Å²) in [6, 6.07) is 10.9. The molecule has 2 aromatic carbocycles. The average molecular weight is 477 g/mol. The van der Waals surface area contributed by atoms with E-state index >= 15 is 0 Å². The first-order chi connectivity index (χ1) is 13.9. The van der Waals surface area contributed by atoms with E-state index in [1.165, 1.54) is 4.68 Å². The number of nitrogens with zero attached hydrogens (tertiary/aromatic N) is 3. The van der Waals surface area contributed by atoms with Crippen LogP contribution < -0.4 is 10.3 Å². The van der Waals surface area contributed by atoms with Crippen LogP contribution in [0.3, 0.4) is 0 Å². The van der Waals surface area contributed by atoms with E-state index < -0.39 is 0 Å². The number of ether oxygens (including phenoxy) is 1. The van der Waals surface area contributed by atoms with Gasteiger partial charge in [0.1, 0.15) is 11.6 Å². The minimum absolute atomic E-state index is 0.0881. The molecule has 0 spiro atoms. The fourth-order valence-electron chi connectivity index (χ4n) is 2.82. The van der Waals surface area contributed by atoms with Gasteiger partial charge in [0.25, 0.3) is 5.56 Å². The number of hydrogen-bond donors (Lipinski definition) is 0. The van der Waals surface area contributed by atoms with Crippen molar-refractivity contribution in [2.24, 2.45) is 5.10 Å². The summed E-state index contributed by atoms with van der Waals surface area (Å²) in [6.45, 7) is 6.10. The van der Waals surface area contributed by atoms with Gasteiger partial charge in [-0.15, -0.1) is 0 Å². The van der Waals surface area contributed by atoms with Crippen LogP contribution in [0, 0.1) is 0 Å². The van der Waals surface area contributed by atoms with Crippen molar-refractivity contribution < 1.29 is 4.74 Å². The van der Waals surface area contributed by atoms with Gasteiger partial charge in [-0.2, -0.15) is 9.78 Å². The third-order valence-electron chi connectivity index (χ3n) is 4.53. The standard InChI is InChI=1S/C22H23BrClN3O2/c1-4-6-21-26-19-9-8-16(23)12-17(19)22(28)27(21)25-13-15-7-10-20(18(24)11-15)29-14(3)5-2/h7-14H,4-6H2,1-3H3/t14-/m0/s1. The molecule has 7 heteroatoms. The van der Waals surface area contributed by atoms with Gasteiger partial charge in [-0.05, 0) is 61.7 Å². The molecule has 0 aliphatic rings. The summed E-state index contributed by atoms with van der Waals surface area (Å²) < 4.78 is 7.99. The summed E-state index contributed by atoms with van der Waals surface area (Å²) in [5, 5.41) is 5.45. The second-order valence-electron chi connectivity index (χ2n) is 6.83. The topological polar surface area (TPSA) is 56.5 Å². The molecular weight excluding hydrogens is 454 g/mol. The highest BCUT2D eigenvalue weighted by atomic mass is 79.9. The van der Waals surface area contributed by atoms with Gasteiger partial charge >= 0.3 is 0 Å². The highest BCUT2D eigenvalue weighted by molar-refractivity contribution is 9.10. The van der Waals surface area contributed by atoms with E-state index in [9.17, 15) is 4.79 Å². The molecule has 0 aliphatic carbocycles. The minimum atomic E-state index is -0.196. The van der Waals surface area contributed by atoms with Crippen molar-refractivity contribution in [3.05, 3.63) is 67.6 Å². The van der Waals surface area contributed by atoms with Crippen molar-refractivity contribution in [2.75, 3.05) is 0 Å². The fourth-order valence-corrected chi connectivity index (χ4v) is 3.41. The zero-order chi connectivity index (χ0) is 21.0. The first kappa shape index (κ1) is 21.5.